The molecule has 0 radical (unpaired) electrons. The van der Waals surface area contributed by atoms with Gasteiger partial charge in [0.2, 0.25) is 0 Å². The summed E-state index contributed by atoms with van der Waals surface area (Å²) in [6.45, 7) is 16.3. The molecule has 0 aliphatic heterocycles. The van der Waals surface area contributed by atoms with Crippen LogP contribution in [-0.2, 0) is 4.65 Å². The van der Waals surface area contributed by atoms with E-state index in [1.807, 2.05) is 20.0 Å². The molecular formula is C27H37BN2O2. The monoisotopic (exact) mass is 432 g/mol. The van der Waals surface area contributed by atoms with Crippen LogP contribution in [0.15, 0.2) is 54.9 Å². The number of rotatable bonds is 8. The Labute approximate surface area is 193 Å². The predicted octanol–water partition coefficient (Wildman–Crippen LogP) is 5.33. The lowest BCUT2D eigenvalue weighted by molar-refractivity contribution is -0.0893. The fourth-order valence-corrected chi connectivity index (χ4v) is 3.68. The lowest BCUT2D eigenvalue weighted by Gasteiger charge is -2.37. The maximum atomic E-state index is 10.3. The highest BCUT2D eigenvalue weighted by atomic mass is 16.5. The number of benzene rings is 2. The van der Waals surface area contributed by atoms with Gasteiger partial charge in [-0.15, -0.1) is 0 Å². The molecule has 0 aliphatic carbocycles. The van der Waals surface area contributed by atoms with Crippen molar-refractivity contribution in [3.05, 3.63) is 66.0 Å². The van der Waals surface area contributed by atoms with E-state index in [1.54, 1.807) is 13.8 Å². The number of nitrogens with zero attached hydrogens (tertiary/aromatic N) is 2. The summed E-state index contributed by atoms with van der Waals surface area (Å²) in [5.41, 5.74) is 4.46. The zero-order chi connectivity index (χ0) is 23.7. The molecule has 4 nitrogen and oxygen atoms in total. The fraction of sp³-hybridized carbons (Fsp3) is 0.444. The topological polar surface area (TPSA) is 47.3 Å². The maximum Gasteiger partial charge on any atom is 0.309 e. The van der Waals surface area contributed by atoms with Gasteiger partial charge in [0.05, 0.1) is 16.9 Å². The van der Waals surface area contributed by atoms with Crippen molar-refractivity contribution >= 4 is 12.9 Å². The Bertz CT molecular complexity index is 1020. The molecule has 170 valence electrons. The summed E-state index contributed by atoms with van der Waals surface area (Å²) >= 11 is 0. The van der Waals surface area contributed by atoms with Crippen LogP contribution in [0.3, 0.4) is 0 Å². The van der Waals surface area contributed by atoms with Crippen molar-refractivity contribution in [3.8, 4) is 17.1 Å². The molecule has 0 unspecified atom stereocenters. The van der Waals surface area contributed by atoms with E-state index in [1.165, 1.54) is 16.8 Å². The summed E-state index contributed by atoms with van der Waals surface area (Å²) in [6, 6.07) is 15.0. The molecule has 1 heterocycles. The highest BCUT2D eigenvalue weighted by molar-refractivity contribution is 6.47. The fourth-order valence-electron chi connectivity index (χ4n) is 3.68. The van der Waals surface area contributed by atoms with Crippen molar-refractivity contribution in [3.63, 3.8) is 0 Å². The van der Waals surface area contributed by atoms with Crippen LogP contribution in [0.25, 0.3) is 17.1 Å². The Morgan fingerprint density at radius 2 is 1.47 bits per heavy atom. The maximum absolute atomic E-state index is 10.3. The summed E-state index contributed by atoms with van der Waals surface area (Å²) in [7, 11) is 0.444. The van der Waals surface area contributed by atoms with Crippen LogP contribution in [-0.4, -0.2) is 33.3 Å². The normalized spacial score (nSPS) is 12.6. The second-order valence-corrected chi connectivity index (χ2v) is 10.3. The van der Waals surface area contributed by atoms with Crippen molar-refractivity contribution in [2.45, 2.75) is 78.4 Å². The van der Waals surface area contributed by atoms with Crippen LogP contribution < -0.4 is 5.46 Å². The van der Waals surface area contributed by atoms with Gasteiger partial charge in [0.25, 0.3) is 0 Å². The van der Waals surface area contributed by atoms with Crippen molar-refractivity contribution < 1.29 is 9.76 Å². The first-order chi connectivity index (χ1) is 14.9. The molecule has 1 N–H and O–H groups in total. The average molecular weight is 432 g/mol. The van der Waals surface area contributed by atoms with Gasteiger partial charge in [-0.1, -0.05) is 75.6 Å². The summed E-state index contributed by atoms with van der Waals surface area (Å²) in [4.78, 5) is 4.71. The molecule has 0 fully saturated rings. The van der Waals surface area contributed by atoms with Crippen molar-refractivity contribution in [1.29, 1.82) is 0 Å². The number of aliphatic hydroxyl groups is 1. The van der Waals surface area contributed by atoms with Crippen LogP contribution in [0.5, 0.6) is 0 Å². The second kappa shape index (κ2) is 9.25. The molecule has 5 heteroatoms. The van der Waals surface area contributed by atoms with Crippen molar-refractivity contribution in [2.75, 3.05) is 0 Å². The highest BCUT2D eigenvalue weighted by Gasteiger charge is 2.35. The van der Waals surface area contributed by atoms with E-state index in [2.05, 4.69) is 80.9 Å². The van der Waals surface area contributed by atoms with Crippen LogP contribution >= 0.6 is 0 Å². The minimum absolute atomic E-state index is 0.414. The molecule has 0 spiro atoms. The number of hydrogen-bond acceptors (Lipinski definition) is 3. The van der Waals surface area contributed by atoms with Gasteiger partial charge in [-0.2, -0.15) is 0 Å². The van der Waals surface area contributed by atoms with Gasteiger partial charge in [-0.25, -0.2) is 4.98 Å². The first-order valence-corrected chi connectivity index (χ1v) is 11.5. The van der Waals surface area contributed by atoms with Gasteiger partial charge in [0, 0.05) is 18.0 Å². The van der Waals surface area contributed by atoms with Gasteiger partial charge in [-0.3, -0.25) is 4.57 Å². The standard InChI is InChI=1S/C27H37BN2O2/c1-18(2)22-10-9-11-23(19(3)4)24(22)30-17-16-29-25(30)20-12-14-21(15-13-20)28-32-27(7,8)26(5,6)31/h9-19,28,31H,1-8H3. The number of para-hydroxylation sites is 1. The zero-order valence-electron chi connectivity index (χ0n) is 20.8. The van der Waals surface area contributed by atoms with Gasteiger partial charge in [0.1, 0.15) is 5.82 Å². The van der Waals surface area contributed by atoms with E-state index >= 15 is 0 Å². The molecule has 0 bridgehead atoms. The van der Waals surface area contributed by atoms with Crippen molar-refractivity contribution in [2.24, 2.45) is 0 Å². The molecule has 3 rings (SSSR count). The number of aromatic nitrogens is 2. The Morgan fingerprint density at radius 1 is 0.906 bits per heavy atom. The number of imidazole rings is 1. The van der Waals surface area contributed by atoms with E-state index in [9.17, 15) is 5.11 Å². The molecule has 32 heavy (non-hydrogen) atoms. The Morgan fingerprint density at radius 3 is 1.97 bits per heavy atom. The minimum atomic E-state index is -0.921. The molecule has 1 aromatic heterocycles. The molecule has 2 aromatic carbocycles. The van der Waals surface area contributed by atoms with Gasteiger partial charge in [0.15, 0.2) is 0 Å². The lowest BCUT2D eigenvalue weighted by atomic mass is 9.82. The third kappa shape index (κ3) is 5.00. The SMILES string of the molecule is CC(C)c1cccc(C(C)C)c1-n1ccnc1-c1ccc(BOC(C)(C)C(C)(C)O)cc1. The molecule has 3 aromatic rings. The molecule has 0 saturated carbocycles. The van der Waals surface area contributed by atoms with Crippen LogP contribution in [0.4, 0.5) is 0 Å². The Kier molecular flexibility index (Phi) is 7.02. The minimum Gasteiger partial charge on any atom is -0.427 e. The van der Waals surface area contributed by atoms with Crippen molar-refractivity contribution in [1.82, 2.24) is 9.55 Å². The Hall–Kier alpha value is -2.37. The second-order valence-electron chi connectivity index (χ2n) is 10.3. The van der Waals surface area contributed by atoms with Crippen LogP contribution in [0.2, 0.25) is 0 Å². The third-order valence-electron chi connectivity index (χ3n) is 6.51. The van der Waals surface area contributed by atoms with Gasteiger partial charge in [-0.05, 0) is 50.7 Å². The van der Waals surface area contributed by atoms with E-state index in [0.29, 0.717) is 19.3 Å². The molecule has 0 amide bonds. The average Bonchev–Trinajstić information content (AvgIpc) is 3.20. The van der Waals surface area contributed by atoms with E-state index in [-0.39, 0.29) is 0 Å². The Balaban J connectivity index is 1.94. The smallest absolute Gasteiger partial charge is 0.309 e. The quantitative estimate of drug-likeness (QED) is 0.490. The third-order valence-corrected chi connectivity index (χ3v) is 6.51. The summed E-state index contributed by atoms with van der Waals surface area (Å²) in [6.07, 6.45) is 3.94. The number of hydrogen-bond donors (Lipinski definition) is 1. The first-order valence-electron chi connectivity index (χ1n) is 11.5. The van der Waals surface area contributed by atoms with Crippen LogP contribution in [0.1, 0.15) is 78.4 Å². The molecule has 0 saturated heterocycles. The molecule has 0 aliphatic rings. The molecule has 0 atom stereocenters. The van der Waals surface area contributed by atoms with Gasteiger partial charge < -0.3 is 9.76 Å². The highest BCUT2D eigenvalue weighted by Crippen LogP contribution is 2.33. The first kappa shape index (κ1) is 24.3. The van der Waals surface area contributed by atoms with E-state index in [0.717, 1.165) is 16.9 Å². The van der Waals surface area contributed by atoms with E-state index in [4.69, 9.17) is 9.64 Å². The molecular weight excluding hydrogens is 395 g/mol. The lowest BCUT2D eigenvalue weighted by Crippen LogP contribution is -2.49. The zero-order valence-corrected chi connectivity index (χ0v) is 20.8. The van der Waals surface area contributed by atoms with Gasteiger partial charge >= 0.3 is 7.48 Å². The summed E-state index contributed by atoms with van der Waals surface area (Å²) < 4.78 is 8.25. The van der Waals surface area contributed by atoms with E-state index < -0.39 is 11.2 Å². The van der Waals surface area contributed by atoms with Crippen LogP contribution in [0, 0.1) is 0 Å². The predicted molar refractivity (Wildman–Crippen MR) is 135 cm³/mol. The summed E-state index contributed by atoms with van der Waals surface area (Å²) in [5.74, 6) is 1.76. The summed E-state index contributed by atoms with van der Waals surface area (Å²) in [5, 5.41) is 10.3. The largest absolute Gasteiger partial charge is 0.427 e.